The molecule has 1 aliphatic heterocycles. The van der Waals surface area contributed by atoms with E-state index in [2.05, 4.69) is 20.8 Å². The van der Waals surface area contributed by atoms with Crippen molar-refractivity contribution in [3.63, 3.8) is 0 Å². The summed E-state index contributed by atoms with van der Waals surface area (Å²) in [6.45, 7) is 6.55. The highest BCUT2D eigenvalue weighted by Gasteiger charge is 2.31. The molecule has 2 atom stereocenters. The van der Waals surface area contributed by atoms with Gasteiger partial charge in [-0.3, -0.25) is 0 Å². The molecule has 1 saturated heterocycles. The van der Waals surface area contributed by atoms with Crippen LogP contribution in [0.25, 0.3) is 0 Å². The second-order valence-electron chi connectivity index (χ2n) is 3.27. The van der Waals surface area contributed by atoms with Crippen molar-refractivity contribution in [1.29, 1.82) is 0 Å². The number of hydrogen-bond acceptors (Lipinski definition) is 1. The third-order valence-corrected chi connectivity index (χ3v) is 2.31. The fourth-order valence-electron chi connectivity index (χ4n) is 1.37. The van der Waals surface area contributed by atoms with E-state index >= 15 is 0 Å². The Morgan fingerprint density at radius 2 is 2.33 bits per heavy atom. The summed E-state index contributed by atoms with van der Waals surface area (Å²) in [6.07, 6.45) is 4.13. The largest absolute Gasteiger partial charge is 0.372 e. The molecule has 0 saturated carbocycles. The van der Waals surface area contributed by atoms with Gasteiger partial charge in [-0.1, -0.05) is 6.92 Å². The lowest BCUT2D eigenvalue weighted by molar-refractivity contribution is -0.0227. The number of rotatable bonds is 1. The molecule has 0 radical (unpaired) electrons. The quantitative estimate of drug-likeness (QED) is 0.526. The minimum absolute atomic E-state index is 0.208. The minimum Gasteiger partial charge on any atom is -0.372 e. The zero-order valence-electron chi connectivity index (χ0n) is 6.61. The van der Waals surface area contributed by atoms with E-state index in [-0.39, 0.29) is 5.60 Å². The summed E-state index contributed by atoms with van der Waals surface area (Å²) in [5.41, 5.74) is 0.208. The van der Waals surface area contributed by atoms with Crippen molar-refractivity contribution in [2.24, 2.45) is 0 Å². The van der Waals surface area contributed by atoms with E-state index in [0.717, 1.165) is 6.42 Å². The van der Waals surface area contributed by atoms with E-state index in [0.29, 0.717) is 6.10 Å². The van der Waals surface area contributed by atoms with Crippen molar-refractivity contribution in [1.82, 2.24) is 0 Å². The molecule has 1 aliphatic rings. The lowest BCUT2D eigenvalue weighted by Crippen LogP contribution is -2.22. The molecule has 0 N–H and O–H groups in total. The Morgan fingerprint density at radius 3 is 2.56 bits per heavy atom. The molecule has 1 heterocycles. The summed E-state index contributed by atoms with van der Waals surface area (Å²) >= 11 is 0. The Morgan fingerprint density at radius 1 is 1.67 bits per heavy atom. The smallest absolute Gasteiger partial charge is 0.0656 e. The van der Waals surface area contributed by atoms with Gasteiger partial charge < -0.3 is 4.74 Å². The molecule has 0 spiro atoms. The zero-order valence-corrected chi connectivity index (χ0v) is 6.61. The number of hydrogen-bond donors (Lipinski definition) is 0. The molecule has 1 heteroatoms. The zero-order chi connectivity index (χ0) is 6.91. The van der Waals surface area contributed by atoms with Crippen molar-refractivity contribution in [3.05, 3.63) is 0 Å². The monoisotopic (exact) mass is 128 g/mol. The van der Waals surface area contributed by atoms with Crippen LogP contribution < -0.4 is 0 Å². The normalized spacial score (nSPS) is 43.7. The Hall–Kier alpha value is -0.0400. The topological polar surface area (TPSA) is 9.23 Å². The Bertz CT molecular complexity index is 101. The minimum atomic E-state index is 0.208. The maximum Gasteiger partial charge on any atom is 0.0656 e. The van der Waals surface area contributed by atoms with E-state index in [1.54, 1.807) is 0 Å². The summed E-state index contributed by atoms with van der Waals surface area (Å²) in [5, 5.41) is 0. The van der Waals surface area contributed by atoms with Gasteiger partial charge in [0.05, 0.1) is 11.7 Å². The van der Waals surface area contributed by atoms with Crippen LogP contribution in [0.5, 0.6) is 0 Å². The van der Waals surface area contributed by atoms with Gasteiger partial charge in [0.25, 0.3) is 0 Å². The van der Waals surface area contributed by atoms with E-state index in [9.17, 15) is 0 Å². The van der Waals surface area contributed by atoms with Crippen molar-refractivity contribution in [3.8, 4) is 0 Å². The molecule has 1 nitrogen and oxygen atoms in total. The van der Waals surface area contributed by atoms with Crippen LogP contribution in [0.15, 0.2) is 0 Å². The van der Waals surface area contributed by atoms with Crippen LogP contribution >= 0.6 is 0 Å². The van der Waals surface area contributed by atoms with Gasteiger partial charge in [-0.2, -0.15) is 0 Å². The average Bonchev–Trinajstić information content (AvgIpc) is 2.13. The maximum atomic E-state index is 5.70. The second-order valence-corrected chi connectivity index (χ2v) is 3.27. The molecule has 0 bridgehead atoms. The van der Waals surface area contributed by atoms with Gasteiger partial charge in [0.2, 0.25) is 0 Å². The van der Waals surface area contributed by atoms with Gasteiger partial charge in [0, 0.05) is 0 Å². The van der Waals surface area contributed by atoms with Crippen LogP contribution in [0.4, 0.5) is 0 Å². The summed E-state index contributed by atoms with van der Waals surface area (Å²) in [7, 11) is 0. The molecular formula is C8H16O. The second kappa shape index (κ2) is 2.30. The third kappa shape index (κ3) is 1.45. The molecule has 1 fully saturated rings. The van der Waals surface area contributed by atoms with Crippen LogP contribution in [-0.4, -0.2) is 11.7 Å². The van der Waals surface area contributed by atoms with Gasteiger partial charge >= 0.3 is 0 Å². The highest BCUT2D eigenvalue weighted by Crippen LogP contribution is 2.31. The van der Waals surface area contributed by atoms with Crippen molar-refractivity contribution in [2.75, 3.05) is 0 Å². The molecule has 0 aromatic rings. The van der Waals surface area contributed by atoms with Gasteiger partial charge in [-0.25, -0.2) is 0 Å². The predicted molar refractivity (Wildman–Crippen MR) is 38.5 cm³/mol. The van der Waals surface area contributed by atoms with Crippen molar-refractivity contribution >= 4 is 0 Å². The van der Waals surface area contributed by atoms with Crippen LogP contribution in [0.1, 0.15) is 40.0 Å². The molecule has 54 valence electrons. The molecule has 0 aromatic heterocycles. The highest BCUT2D eigenvalue weighted by atomic mass is 16.5. The molecule has 1 rings (SSSR count). The van der Waals surface area contributed by atoms with Crippen LogP contribution in [0.2, 0.25) is 0 Å². The molecule has 0 aliphatic carbocycles. The number of ether oxygens (including phenoxy) is 1. The standard InChI is InChI=1S/C8H16O/c1-4-8(3)6-5-7(2)9-8/h7H,4-6H2,1-3H3. The van der Waals surface area contributed by atoms with Crippen LogP contribution in [0, 0.1) is 0 Å². The Balaban J connectivity index is 2.45. The lowest BCUT2D eigenvalue weighted by Gasteiger charge is -2.21. The molecule has 0 aromatic carbocycles. The first-order valence-electron chi connectivity index (χ1n) is 3.84. The summed E-state index contributed by atoms with van der Waals surface area (Å²) < 4.78 is 5.70. The first kappa shape index (κ1) is 7.07. The van der Waals surface area contributed by atoms with Gasteiger partial charge in [-0.05, 0) is 33.1 Å². The van der Waals surface area contributed by atoms with E-state index < -0.39 is 0 Å². The van der Waals surface area contributed by atoms with Crippen molar-refractivity contribution < 1.29 is 4.74 Å². The fraction of sp³-hybridized carbons (Fsp3) is 1.00. The average molecular weight is 128 g/mol. The Kier molecular flexibility index (Phi) is 1.80. The molecular weight excluding hydrogens is 112 g/mol. The van der Waals surface area contributed by atoms with Gasteiger partial charge in [0.1, 0.15) is 0 Å². The molecule has 9 heavy (non-hydrogen) atoms. The van der Waals surface area contributed by atoms with E-state index in [1.807, 2.05) is 0 Å². The fourth-order valence-corrected chi connectivity index (χ4v) is 1.37. The lowest BCUT2D eigenvalue weighted by atomic mass is 10.00. The SMILES string of the molecule is CCC1(C)CCC(C)O1. The summed E-state index contributed by atoms with van der Waals surface area (Å²) in [5.74, 6) is 0. The summed E-state index contributed by atoms with van der Waals surface area (Å²) in [6, 6.07) is 0. The van der Waals surface area contributed by atoms with E-state index in [4.69, 9.17) is 4.74 Å². The summed E-state index contributed by atoms with van der Waals surface area (Å²) in [4.78, 5) is 0. The third-order valence-electron chi connectivity index (χ3n) is 2.31. The van der Waals surface area contributed by atoms with E-state index in [1.165, 1.54) is 12.8 Å². The first-order valence-corrected chi connectivity index (χ1v) is 3.84. The van der Waals surface area contributed by atoms with Gasteiger partial charge in [0.15, 0.2) is 0 Å². The Labute approximate surface area is 57.4 Å². The van der Waals surface area contributed by atoms with Gasteiger partial charge in [-0.15, -0.1) is 0 Å². The highest BCUT2D eigenvalue weighted by molar-refractivity contribution is 4.81. The molecule has 0 amide bonds. The van der Waals surface area contributed by atoms with Crippen LogP contribution in [-0.2, 0) is 4.74 Å². The van der Waals surface area contributed by atoms with Crippen molar-refractivity contribution in [2.45, 2.75) is 51.7 Å². The molecule has 2 unspecified atom stereocenters. The maximum absolute atomic E-state index is 5.70. The van der Waals surface area contributed by atoms with Crippen LogP contribution in [0.3, 0.4) is 0 Å². The predicted octanol–water partition coefficient (Wildman–Crippen LogP) is 2.35. The first-order chi connectivity index (χ1) is 4.16.